The molecule has 1 aromatic rings. The summed E-state index contributed by atoms with van der Waals surface area (Å²) in [5.41, 5.74) is -0.0565. The maximum Gasteiger partial charge on any atom is 0.128 e. The molecule has 0 saturated heterocycles. The van der Waals surface area contributed by atoms with Gasteiger partial charge in [-0.05, 0) is 26.0 Å². The zero-order valence-corrected chi connectivity index (χ0v) is 8.81. The third-order valence-electron chi connectivity index (χ3n) is 1.95. The number of phenolic OH excluding ortho intramolecular Hbond substituents is 2. The maximum atomic E-state index is 9.45. The van der Waals surface area contributed by atoms with Crippen LogP contribution in [0.5, 0.6) is 11.5 Å². The van der Waals surface area contributed by atoms with Crippen molar-refractivity contribution in [2.24, 2.45) is 4.99 Å². The maximum absolute atomic E-state index is 9.45. The number of hydrogen-bond acceptors (Lipinski definition) is 4. The van der Waals surface area contributed by atoms with Gasteiger partial charge in [0.25, 0.3) is 0 Å². The van der Waals surface area contributed by atoms with Crippen molar-refractivity contribution in [3.63, 3.8) is 0 Å². The lowest BCUT2D eigenvalue weighted by atomic mass is 10.1. The summed E-state index contributed by atoms with van der Waals surface area (Å²) in [5.74, 6) is -0.0291. The van der Waals surface area contributed by atoms with E-state index >= 15 is 0 Å². The number of rotatable bonds is 3. The van der Waals surface area contributed by atoms with Crippen molar-refractivity contribution >= 4 is 6.21 Å². The van der Waals surface area contributed by atoms with Crippen LogP contribution in [-0.2, 0) is 0 Å². The van der Waals surface area contributed by atoms with Crippen molar-refractivity contribution in [2.45, 2.75) is 19.4 Å². The first-order chi connectivity index (χ1) is 6.94. The van der Waals surface area contributed by atoms with Crippen LogP contribution in [0.1, 0.15) is 19.4 Å². The molecule has 0 bridgehead atoms. The fourth-order valence-corrected chi connectivity index (χ4v) is 0.926. The van der Waals surface area contributed by atoms with Gasteiger partial charge in [-0.25, -0.2) is 0 Å². The van der Waals surface area contributed by atoms with Gasteiger partial charge in [0, 0.05) is 17.8 Å². The molecule has 0 atom stereocenters. The second-order valence-electron chi connectivity index (χ2n) is 3.97. The third-order valence-corrected chi connectivity index (χ3v) is 1.95. The van der Waals surface area contributed by atoms with E-state index in [2.05, 4.69) is 4.99 Å². The molecule has 0 heterocycles. The summed E-state index contributed by atoms with van der Waals surface area (Å²) >= 11 is 0. The quantitative estimate of drug-likeness (QED) is 0.657. The molecule has 4 nitrogen and oxygen atoms in total. The van der Waals surface area contributed by atoms with Gasteiger partial charge in [-0.15, -0.1) is 0 Å². The fraction of sp³-hybridized carbons (Fsp3) is 0.364. The van der Waals surface area contributed by atoms with Crippen LogP contribution >= 0.6 is 0 Å². The molecule has 0 radical (unpaired) electrons. The Bertz CT molecular complexity index is 372. The topological polar surface area (TPSA) is 73.1 Å². The average molecular weight is 209 g/mol. The van der Waals surface area contributed by atoms with Crippen LogP contribution in [0, 0.1) is 0 Å². The van der Waals surface area contributed by atoms with Crippen LogP contribution in [0.2, 0.25) is 0 Å². The standard InChI is InChI=1S/C11H15NO3/c1-11(2,7-13)12-6-8-3-4-9(14)5-10(8)15/h3-6,13-15H,7H2,1-2H3. The van der Waals surface area contributed by atoms with E-state index in [9.17, 15) is 5.11 Å². The van der Waals surface area contributed by atoms with Gasteiger partial charge in [-0.3, -0.25) is 4.99 Å². The lowest BCUT2D eigenvalue weighted by molar-refractivity contribution is 0.223. The van der Waals surface area contributed by atoms with Crippen molar-refractivity contribution in [2.75, 3.05) is 6.61 Å². The van der Waals surface area contributed by atoms with E-state index < -0.39 is 5.54 Å². The molecule has 3 N–H and O–H groups in total. The van der Waals surface area contributed by atoms with Gasteiger partial charge in [-0.2, -0.15) is 0 Å². The Morgan fingerprint density at radius 3 is 2.53 bits per heavy atom. The zero-order valence-electron chi connectivity index (χ0n) is 8.81. The Morgan fingerprint density at radius 2 is 2.00 bits per heavy atom. The van der Waals surface area contributed by atoms with E-state index in [1.807, 2.05) is 0 Å². The number of benzene rings is 1. The predicted octanol–water partition coefficient (Wildman–Crippen LogP) is 1.29. The molecule has 1 aromatic carbocycles. The second kappa shape index (κ2) is 4.31. The summed E-state index contributed by atoms with van der Waals surface area (Å²) in [6, 6.07) is 4.27. The van der Waals surface area contributed by atoms with E-state index in [1.54, 1.807) is 19.9 Å². The number of aromatic hydroxyl groups is 2. The SMILES string of the molecule is CC(C)(CO)N=Cc1ccc(O)cc1O. The molecular weight excluding hydrogens is 194 g/mol. The van der Waals surface area contributed by atoms with Crippen LogP contribution < -0.4 is 0 Å². The van der Waals surface area contributed by atoms with Crippen LogP contribution in [0.15, 0.2) is 23.2 Å². The third kappa shape index (κ3) is 3.25. The molecule has 82 valence electrons. The van der Waals surface area contributed by atoms with Gasteiger partial charge < -0.3 is 15.3 Å². The van der Waals surface area contributed by atoms with Crippen LogP contribution in [-0.4, -0.2) is 33.7 Å². The Hall–Kier alpha value is -1.55. The Morgan fingerprint density at radius 1 is 1.33 bits per heavy atom. The van der Waals surface area contributed by atoms with Gasteiger partial charge in [-0.1, -0.05) is 0 Å². The Balaban J connectivity index is 2.90. The summed E-state index contributed by atoms with van der Waals surface area (Å²) in [4.78, 5) is 4.12. The molecule has 0 fully saturated rings. The molecule has 0 aliphatic rings. The molecule has 0 saturated carbocycles. The number of nitrogens with zero attached hydrogens (tertiary/aromatic N) is 1. The Labute approximate surface area is 88.5 Å². The molecule has 0 amide bonds. The monoisotopic (exact) mass is 209 g/mol. The summed E-state index contributed by atoms with van der Waals surface area (Å²) in [7, 11) is 0. The van der Waals surface area contributed by atoms with Crippen LogP contribution in [0.3, 0.4) is 0 Å². The van der Waals surface area contributed by atoms with E-state index in [1.165, 1.54) is 18.3 Å². The molecule has 15 heavy (non-hydrogen) atoms. The highest BCUT2D eigenvalue weighted by atomic mass is 16.3. The van der Waals surface area contributed by atoms with Gasteiger partial charge in [0.05, 0.1) is 12.1 Å². The number of hydrogen-bond donors (Lipinski definition) is 3. The minimum absolute atomic E-state index is 0.00562. The molecular formula is C11H15NO3. The minimum Gasteiger partial charge on any atom is -0.508 e. The van der Waals surface area contributed by atoms with E-state index in [-0.39, 0.29) is 18.1 Å². The first-order valence-corrected chi connectivity index (χ1v) is 4.63. The molecule has 0 aliphatic carbocycles. The van der Waals surface area contributed by atoms with Crippen molar-refractivity contribution in [3.8, 4) is 11.5 Å². The fourth-order valence-electron chi connectivity index (χ4n) is 0.926. The van der Waals surface area contributed by atoms with Crippen molar-refractivity contribution in [1.82, 2.24) is 0 Å². The smallest absolute Gasteiger partial charge is 0.128 e. The van der Waals surface area contributed by atoms with E-state index in [0.717, 1.165) is 0 Å². The summed E-state index contributed by atoms with van der Waals surface area (Å²) in [6.45, 7) is 3.49. The molecule has 4 heteroatoms. The van der Waals surface area contributed by atoms with Crippen LogP contribution in [0.25, 0.3) is 0 Å². The van der Waals surface area contributed by atoms with Crippen molar-refractivity contribution in [1.29, 1.82) is 0 Å². The number of aliphatic hydroxyl groups excluding tert-OH is 1. The highest BCUT2D eigenvalue weighted by Crippen LogP contribution is 2.21. The summed E-state index contributed by atoms with van der Waals surface area (Å²) in [6.07, 6.45) is 1.48. The lowest BCUT2D eigenvalue weighted by Gasteiger charge is -2.15. The first kappa shape index (κ1) is 11.5. The minimum atomic E-state index is -0.565. The van der Waals surface area contributed by atoms with Gasteiger partial charge in [0.15, 0.2) is 0 Å². The zero-order chi connectivity index (χ0) is 11.5. The number of aliphatic imine (C=N–C) groups is 1. The molecule has 0 unspecified atom stereocenters. The summed E-state index contributed by atoms with van der Waals surface area (Å²) in [5, 5.41) is 27.5. The van der Waals surface area contributed by atoms with E-state index in [4.69, 9.17) is 10.2 Å². The molecule has 1 rings (SSSR count). The van der Waals surface area contributed by atoms with Crippen molar-refractivity contribution in [3.05, 3.63) is 23.8 Å². The first-order valence-electron chi connectivity index (χ1n) is 4.63. The average Bonchev–Trinajstić information content (AvgIpc) is 2.16. The predicted molar refractivity (Wildman–Crippen MR) is 58.5 cm³/mol. The molecule has 0 spiro atoms. The van der Waals surface area contributed by atoms with Gasteiger partial charge in [0.2, 0.25) is 0 Å². The molecule has 0 aromatic heterocycles. The molecule has 0 aliphatic heterocycles. The number of aliphatic hydroxyl groups is 1. The Kier molecular flexibility index (Phi) is 3.31. The number of phenols is 2. The van der Waals surface area contributed by atoms with Crippen molar-refractivity contribution < 1.29 is 15.3 Å². The van der Waals surface area contributed by atoms with Gasteiger partial charge in [0.1, 0.15) is 11.5 Å². The van der Waals surface area contributed by atoms with E-state index in [0.29, 0.717) is 5.56 Å². The van der Waals surface area contributed by atoms with Crippen LogP contribution in [0.4, 0.5) is 0 Å². The van der Waals surface area contributed by atoms with Gasteiger partial charge >= 0.3 is 0 Å². The highest BCUT2D eigenvalue weighted by molar-refractivity contribution is 5.83. The largest absolute Gasteiger partial charge is 0.508 e. The lowest BCUT2D eigenvalue weighted by Crippen LogP contribution is -2.21. The highest BCUT2D eigenvalue weighted by Gasteiger charge is 2.12. The second-order valence-corrected chi connectivity index (χ2v) is 3.97. The summed E-state index contributed by atoms with van der Waals surface area (Å²) < 4.78 is 0. The normalized spacial score (nSPS) is 12.2.